The highest BCUT2D eigenvalue weighted by atomic mass is 16.1. The number of ketones is 1. The molecule has 4 rings (SSSR count). The Hall–Kier alpha value is -2.13. The summed E-state index contributed by atoms with van der Waals surface area (Å²) in [7, 11) is 3.99. The summed E-state index contributed by atoms with van der Waals surface area (Å²) in [5.41, 5.74) is 4.35. The Balaban J connectivity index is 1.34. The molecule has 2 atom stereocenters. The van der Waals surface area contributed by atoms with Crippen molar-refractivity contribution in [2.75, 3.05) is 25.5 Å². The molecule has 0 aromatic heterocycles. The molecule has 2 aliphatic carbocycles. The van der Waals surface area contributed by atoms with E-state index in [1.807, 2.05) is 43.3 Å². The Morgan fingerprint density at radius 3 is 2.58 bits per heavy atom. The van der Waals surface area contributed by atoms with Gasteiger partial charge < -0.3 is 10.2 Å². The van der Waals surface area contributed by atoms with Gasteiger partial charge in [0.15, 0.2) is 5.78 Å². The molecule has 2 saturated carbocycles. The van der Waals surface area contributed by atoms with Crippen molar-refractivity contribution >= 4 is 11.5 Å². The van der Waals surface area contributed by atoms with Crippen LogP contribution in [0.25, 0.3) is 0 Å². The van der Waals surface area contributed by atoms with Crippen molar-refractivity contribution < 1.29 is 4.79 Å². The third-order valence-corrected chi connectivity index (χ3v) is 5.61. The van der Waals surface area contributed by atoms with Crippen LogP contribution in [0.5, 0.6) is 0 Å². The molecule has 2 fully saturated rings. The molecule has 2 aliphatic rings. The second-order valence-electron chi connectivity index (χ2n) is 8.09. The molecule has 0 saturated heterocycles. The Labute approximate surface area is 156 Å². The van der Waals surface area contributed by atoms with E-state index in [0.717, 1.165) is 22.7 Å². The SMILES string of the molecule is CN(C)c1cccc(C(=O)Cc2ccc(C3CC3NCC3CC3)cc2)c1. The Bertz CT molecular complexity index is 777. The van der Waals surface area contributed by atoms with E-state index < -0.39 is 0 Å². The zero-order chi connectivity index (χ0) is 18.1. The fourth-order valence-corrected chi connectivity index (χ4v) is 3.56. The van der Waals surface area contributed by atoms with Crippen LogP contribution in [0.3, 0.4) is 0 Å². The summed E-state index contributed by atoms with van der Waals surface area (Å²) < 4.78 is 0. The molecule has 0 radical (unpaired) electrons. The molecule has 2 unspecified atom stereocenters. The van der Waals surface area contributed by atoms with Gasteiger partial charge in [0, 0.05) is 43.7 Å². The van der Waals surface area contributed by atoms with Gasteiger partial charge in [-0.2, -0.15) is 0 Å². The monoisotopic (exact) mass is 348 g/mol. The molecular weight excluding hydrogens is 320 g/mol. The summed E-state index contributed by atoms with van der Waals surface area (Å²) in [6.07, 6.45) is 4.53. The van der Waals surface area contributed by atoms with Crippen LogP contribution in [0.1, 0.15) is 46.7 Å². The lowest BCUT2D eigenvalue weighted by atomic mass is 10.0. The van der Waals surface area contributed by atoms with Gasteiger partial charge in [0.2, 0.25) is 0 Å². The number of hydrogen-bond acceptors (Lipinski definition) is 3. The van der Waals surface area contributed by atoms with Gasteiger partial charge in [-0.1, -0.05) is 36.4 Å². The van der Waals surface area contributed by atoms with Gasteiger partial charge in [-0.05, 0) is 55.0 Å². The molecule has 0 aliphatic heterocycles. The van der Waals surface area contributed by atoms with Crippen molar-refractivity contribution in [1.29, 1.82) is 0 Å². The average Bonchev–Trinajstić information content (AvgIpc) is 3.55. The van der Waals surface area contributed by atoms with E-state index in [4.69, 9.17) is 0 Å². The highest BCUT2D eigenvalue weighted by Crippen LogP contribution is 2.41. The first-order valence-electron chi connectivity index (χ1n) is 9.73. The van der Waals surface area contributed by atoms with Crippen LogP contribution in [0.4, 0.5) is 5.69 Å². The zero-order valence-corrected chi connectivity index (χ0v) is 15.7. The summed E-state index contributed by atoms with van der Waals surface area (Å²) in [5, 5.41) is 3.69. The van der Waals surface area contributed by atoms with Crippen LogP contribution >= 0.6 is 0 Å². The predicted octanol–water partition coefficient (Wildman–Crippen LogP) is 4.03. The highest BCUT2D eigenvalue weighted by molar-refractivity contribution is 5.98. The lowest BCUT2D eigenvalue weighted by Gasteiger charge is -2.13. The van der Waals surface area contributed by atoms with Crippen molar-refractivity contribution in [3.05, 3.63) is 65.2 Å². The number of nitrogens with one attached hydrogen (secondary N) is 1. The number of carbonyl (C=O) groups is 1. The van der Waals surface area contributed by atoms with Crippen LogP contribution in [-0.2, 0) is 6.42 Å². The first kappa shape index (κ1) is 17.3. The maximum Gasteiger partial charge on any atom is 0.167 e. The third kappa shape index (κ3) is 4.16. The van der Waals surface area contributed by atoms with E-state index in [0.29, 0.717) is 18.4 Å². The van der Waals surface area contributed by atoms with Crippen molar-refractivity contribution in [2.24, 2.45) is 5.92 Å². The van der Waals surface area contributed by atoms with Gasteiger partial charge in [0.05, 0.1) is 0 Å². The average molecular weight is 348 g/mol. The predicted molar refractivity (Wildman–Crippen MR) is 107 cm³/mol. The van der Waals surface area contributed by atoms with Crippen LogP contribution < -0.4 is 10.2 Å². The lowest BCUT2D eigenvalue weighted by molar-refractivity contribution is 0.0993. The Morgan fingerprint density at radius 1 is 1.12 bits per heavy atom. The van der Waals surface area contributed by atoms with Gasteiger partial charge in [0.1, 0.15) is 0 Å². The highest BCUT2D eigenvalue weighted by Gasteiger charge is 2.38. The zero-order valence-electron chi connectivity index (χ0n) is 15.7. The third-order valence-electron chi connectivity index (χ3n) is 5.61. The fraction of sp³-hybridized carbons (Fsp3) is 0.435. The van der Waals surface area contributed by atoms with E-state index >= 15 is 0 Å². The number of anilines is 1. The molecule has 26 heavy (non-hydrogen) atoms. The minimum absolute atomic E-state index is 0.178. The Morgan fingerprint density at radius 2 is 1.88 bits per heavy atom. The van der Waals surface area contributed by atoms with Gasteiger partial charge in [-0.15, -0.1) is 0 Å². The van der Waals surface area contributed by atoms with E-state index in [2.05, 4.69) is 29.6 Å². The van der Waals surface area contributed by atoms with Gasteiger partial charge in [-0.25, -0.2) is 0 Å². The number of nitrogens with zero attached hydrogens (tertiary/aromatic N) is 1. The molecule has 0 amide bonds. The van der Waals surface area contributed by atoms with E-state index in [1.165, 1.54) is 31.4 Å². The number of rotatable bonds is 8. The van der Waals surface area contributed by atoms with E-state index in [9.17, 15) is 4.79 Å². The standard InChI is InChI=1S/C23H28N2O/c1-25(2)20-5-3-4-19(13-20)23(26)12-16-8-10-18(11-9-16)21-14-22(21)24-15-17-6-7-17/h3-5,8-11,13,17,21-22,24H,6-7,12,14-15H2,1-2H3. The maximum atomic E-state index is 12.6. The van der Waals surface area contributed by atoms with Crippen molar-refractivity contribution in [2.45, 2.75) is 37.6 Å². The second-order valence-corrected chi connectivity index (χ2v) is 8.09. The number of benzene rings is 2. The van der Waals surface area contributed by atoms with Crippen molar-refractivity contribution in [3.8, 4) is 0 Å². The van der Waals surface area contributed by atoms with Crippen LogP contribution in [0.2, 0.25) is 0 Å². The lowest BCUT2D eigenvalue weighted by Crippen LogP contribution is -2.20. The van der Waals surface area contributed by atoms with Crippen molar-refractivity contribution in [1.82, 2.24) is 5.32 Å². The van der Waals surface area contributed by atoms with Crippen LogP contribution in [0.15, 0.2) is 48.5 Å². The van der Waals surface area contributed by atoms with Crippen molar-refractivity contribution in [3.63, 3.8) is 0 Å². The minimum Gasteiger partial charge on any atom is -0.378 e. The molecule has 0 bridgehead atoms. The fourth-order valence-electron chi connectivity index (χ4n) is 3.56. The number of carbonyl (C=O) groups excluding carboxylic acids is 1. The first-order chi connectivity index (χ1) is 12.6. The minimum atomic E-state index is 0.178. The van der Waals surface area contributed by atoms with Gasteiger partial charge >= 0.3 is 0 Å². The van der Waals surface area contributed by atoms with E-state index in [1.54, 1.807) is 0 Å². The van der Waals surface area contributed by atoms with E-state index in [-0.39, 0.29) is 5.78 Å². The Kier molecular flexibility index (Phi) is 4.82. The quantitative estimate of drug-likeness (QED) is 0.731. The molecular formula is C23H28N2O. The number of Topliss-reactive ketones (excluding diaryl/α,β-unsaturated/α-hetero) is 1. The number of hydrogen-bond donors (Lipinski definition) is 1. The van der Waals surface area contributed by atoms with Crippen LogP contribution in [-0.4, -0.2) is 32.5 Å². The molecule has 3 nitrogen and oxygen atoms in total. The molecule has 1 N–H and O–H groups in total. The first-order valence-corrected chi connectivity index (χ1v) is 9.73. The molecule has 136 valence electrons. The summed E-state index contributed by atoms with van der Waals surface area (Å²) in [5.74, 6) is 1.78. The molecule has 3 heteroatoms. The normalized spacial score (nSPS) is 21.5. The van der Waals surface area contributed by atoms with Gasteiger partial charge in [-0.3, -0.25) is 4.79 Å². The van der Waals surface area contributed by atoms with Gasteiger partial charge in [0.25, 0.3) is 0 Å². The summed E-state index contributed by atoms with van der Waals surface area (Å²) in [6, 6.07) is 17.2. The molecule has 2 aromatic rings. The topological polar surface area (TPSA) is 32.3 Å². The van der Waals surface area contributed by atoms with Crippen LogP contribution in [0, 0.1) is 5.92 Å². The molecule has 2 aromatic carbocycles. The molecule has 0 spiro atoms. The smallest absolute Gasteiger partial charge is 0.167 e. The summed E-state index contributed by atoms with van der Waals surface area (Å²) in [4.78, 5) is 14.6. The second kappa shape index (κ2) is 7.24. The maximum absolute atomic E-state index is 12.6. The summed E-state index contributed by atoms with van der Waals surface area (Å²) in [6.45, 7) is 1.19. The summed E-state index contributed by atoms with van der Waals surface area (Å²) >= 11 is 0. The molecule has 0 heterocycles. The largest absolute Gasteiger partial charge is 0.378 e.